The first-order valence-electron chi connectivity index (χ1n) is 8.07. The number of amides is 1. The lowest BCUT2D eigenvalue weighted by molar-refractivity contribution is 0.102. The Bertz CT molecular complexity index is 947. The van der Waals surface area contributed by atoms with Crippen LogP contribution in [0.15, 0.2) is 36.5 Å². The molecule has 7 nitrogen and oxygen atoms in total. The second-order valence-electron chi connectivity index (χ2n) is 5.98. The highest BCUT2D eigenvalue weighted by Crippen LogP contribution is 2.39. The van der Waals surface area contributed by atoms with E-state index in [1.54, 1.807) is 49.1 Å². The molecule has 0 aliphatic heterocycles. The minimum atomic E-state index is -0.324. The van der Waals surface area contributed by atoms with E-state index in [-0.39, 0.29) is 5.91 Å². The number of rotatable bonds is 5. The third-order valence-corrected chi connectivity index (χ3v) is 4.22. The summed E-state index contributed by atoms with van der Waals surface area (Å²) in [6, 6.07) is 8.68. The van der Waals surface area contributed by atoms with Gasteiger partial charge in [0.1, 0.15) is 17.2 Å². The maximum absolute atomic E-state index is 12.6. The Balaban J connectivity index is 1.61. The molecule has 1 saturated carbocycles. The Morgan fingerprint density at radius 3 is 2.76 bits per heavy atom. The van der Waals surface area contributed by atoms with Crippen LogP contribution in [0, 0.1) is 0 Å². The molecule has 0 bridgehead atoms. The van der Waals surface area contributed by atoms with Gasteiger partial charge < -0.3 is 14.8 Å². The highest BCUT2D eigenvalue weighted by molar-refractivity contribution is 6.03. The number of carbonyl (C=O) groups excluding carboxylic acids is 1. The molecule has 1 N–H and O–H groups in total. The van der Waals surface area contributed by atoms with Gasteiger partial charge in [-0.2, -0.15) is 5.10 Å². The highest BCUT2D eigenvalue weighted by Gasteiger charge is 2.26. The number of nitrogens with one attached hydrogen (secondary N) is 1. The molecule has 1 aliphatic rings. The third-order valence-electron chi connectivity index (χ3n) is 4.22. The SMILES string of the molecule is COc1ccc(OC)c(NC(=O)c2ccc3nc(C4CC4)cn3n2)c1. The molecule has 0 saturated heterocycles. The first-order chi connectivity index (χ1) is 12.2. The van der Waals surface area contributed by atoms with Crippen LogP contribution in [0.1, 0.15) is 34.9 Å². The zero-order valence-electron chi connectivity index (χ0n) is 14.0. The normalized spacial score (nSPS) is 13.7. The van der Waals surface area contributed by atoms with E-state index in [4.69, 9.17) is 9.47 Å². The molecule has 1 fully saturated rings. The van der Waals surface area contributed by atoms with Gasteiger partial charge in [-0.3, -0.25) is 4.79 Å². The van der Waals surface area contributed by atoms with E-state index in [2.05, 4.69) is 15.4 Å². The maximum Gasteiger partial charge on any atom is 0.276 e. The number of anilines is 1. The molecular weight excluding hydrogens is 320 g/mol. The van der Waals surface area contributed by atoms with E-state index in [1.807, 2.05) is 6.20 Å². The van der Waals surface area contributed by atoms with E-state index >= 15 is 0 Å². The number of benzene rings is 1. The van der Waals surface area contributed by atoms with Crippen molar-refractivity contribution < 1.29 is 14.3 Å². The van der Waals surface area contributed by atoms with Gasteiger partial charge in [-0.25, -0.2) is 9.50 Å². The zero-order valence-corrected chi connectivity index (χ0v) is 14.0. The van der Waals surface area contributed by atoms with Crippen LogP contribution >= 0.6 is 0 Å². The van der Waals surface area contributed by atoms with Crippen LogP contribution in [0.4, 0.5) is 5.69 Å². The van der Waals surface area contributed by atoms with Gasteiger partial charge in [0.2, 0.25) is 0 Å². The smallest absolute Gasteiger partial charge is 0.276 e. The summed E-state index contributed by atoms with van der Waals surface area (Å²) >= 11 is 0. The third kappa shape index (κ3) is 3.00. The summed E-state index contributed by atoms with van der Waals surface area (Å²) in [4.78, 5) is 17.1. The number of carbonyl (C=O) groups is 1. The molecule has 2 heterocycles. The van der Waals surface area contributed by atoms with Crippen molar-refractivity contribution in [2.24, 2.45) is 0 Å². The van der Waals surface area contributed by atoms with Gasteiger partial charge in [0.15, 0.2) is 5.65 Å². The number of imidazole rings is 1. The molecule has 1 aliphatic carbocycles. The fourth-order valence-corrected chi connectivity index (χ4v) is 2.70. The number of hydrogen-bond donors (Lipinski definition) is 1. The summed E-state index contributed by atoms with van der Waals surface area (Å²) < 4.78 is 12.1. The van der Waals surface area contributed by atoms with Crippen molar-refractivity contribution in [2.45, 2.75) is 18.8 Å². The van der Waals surface area contributed by atoms with E-state index in [0.717, 1.165) is 11.3 Å². The van der Waals surface area contributed by atoms with Crippen molar-refractivity contribution in [3.63, 3.8) is 0 Å². The monoisotopic (exact) mass is 338 g/mol. The summed E-state index contributed by atoms with van der Waals surface area (Å²) in [5, 5.41) is 7.19. The van der Waals surface area contributed by atoms with Crippen LogP contribution in [-0.4, -0.2) is 34.7 Å². The minimum absolute atomic E-state index is 0.303. The van der Waals surface area contributed by atoms with E-state index in [9.17, 15) is 4.79 Å². The summed E-state index contributed by atoms with van der Waals surface area (Å²) in [6.07, 6.45) is 4.25. The van der Waals surface area contributed by atoms with Gasteiger partial charge in [-0.15, -0.1) is 0 Å². The molecule has 1 amide bonds. The number of methoxy groups -OCH3 is 2. The molecule has 0 radical (unpaired) electrons. The Morgan fingerprint density at radius 2 is 2.04 bits per heavy atom. The van der Waals surface area contributed by atoms with Crippen LogP contribution in [0.2, 0.25) is 0 Å². The number of ether oxygens (including phenoxy) is 2. The molecule has 128 valence electrons. The Labute approximate surface area is 144 Å². The Morgan fingerprint density at radius 1 is 1.20 bits per heavy atom. The van der Waals surface area contributed by atoms with Gasteiger partial charge in [0, 0.05) is 12.0 Å². The molecule has 0 spiro atoms. The van der Waals surface area contributed by atoms with Gasteiger partial charge in [0.25, 0.3) is 5.91 Å². The largest absolute Gasteiger partial charge is 0.497 e. The van der Waals surface area contributed by atoms with E-state index in [1.165, 1.54) is 12.8 Å². The van der Waals surface area contributed by atoms with Crippen LogP contribution in [0.5, 0.6) is 11.5 Å². The zero-order chi connectivity index (χ0) is 17.4. The molecule has 4 rings (SSSR count). The topological polar surface area (TPSA) is 77.8 Å². The van der Waals surface area contributed by atoms with Gasteiger partial charge >= 0.3 is 0 Å². The second kappa shape index (κ2) is 6.08. The van der Waals surface area contributed by atoms with Crippen LogP contribution in [0.25, 0.3) is 5.65 Å². The van der Waals surface area contributed by atoms with Crippen molar-refractivity contribution >= 4 is 17.2 Å². The summed E-state index contributed by atoms with van der Waals surface area (Å²) in [5.41, 5.74) is 2.62. The number of nitrogens with zero attached hydrogens (tertiary/aromatic N) is 3. The average Bonchev–Trinajstić information content (AvgIpc) is 3.40. The van der Waals surface area contributed by atoms with Crippen molar-refractivity contribution in [2.75, 3.05) is 19.5 Å². The van der Waals surface area contributed by atoms with Gasteiger partial charge in [-0.05, 0) is 37.1 Å². The molecular formula is C18H18N4O3. The number of aromatic nitrogens is 3. The van der Waals surface area contributed by atoms with Crippen molar-refractivity contribution in [3.8, 4) is 11.5 Å². The Hall–Kier alpha value is -3.09. The quantitative estimate of drug-likeness (QED) is 0.774. The van der Waals surface area contributed by atoms with Crippen LogP contribution in [0.3, 0.4) is 0 Å². The molecule has 3 aromatic rings. The number of fused-ring (bicyclic) bond motifs is 1. The van der Waals surface area contributed by atoms with Crippen molar-refractivity contribution in [1.82, 2.24) is 14.6 Å². The first-order valence-corrected chi connectivity index (χ1v) is 8.07. The van der Waals surface area contributed by atoms with Crippen molar-refractivity contribution in [1.29, 1.82) is 0 Å². The predicted octanol–water partition coefficient (Wildman–Crippen LogP) is 2.88. The molecule has 2 aromatic heterocycles. The highest BCUT2D eigenvalue weighted by atomic mass is 16.5. The average molecular weight is 338 g/mol. The fraction of sp³-hybridized carbons (Fsp3) is 0.278. The molecule has 1 aromatic carbocycles. The molecule has 0 unspecified atom stereocenters. The summed E-state index contributed by atoms with van der Waals surface area (Å²) in [5.74, 6) is 1.40. The Kier molecular flexibility index (Phi) is 3.76. The maximum atomic E-state index is 12.6. The summed E-state index contributed by atoms with van der Waals surface area (Å²) in [6.45, 7) is 0. The minimum Gasteiger partial charge on any atom is -0.497 e. The van der Waals surface area contributed by atoms with Crippen LogP contribution in [-0.2, 0) is 0 Å². The van der Waals surface area contributed by atoms with Crippen LogP contribution < -0.4 is 14.8 Å². The number of hydrogen-bond acceptors (Lipinski definition) is 5. The summed E-state index contributed by atoms with van der Waals surface area (Å²) in [7, 11) is 3.12. The van der Waals surface area contributed by atoms with Gasteiger partial charge in [0.05, 0.1) is 31.8 Å². The molecule has 25 heavy (non-hydrogen) atoms. The standard InChI is InChI=1S/C18H18N4O3/c1-24-12-5-7-16(25-2)14(9-12)20-18(23)13-6-8-17-19-15(11-3-4-11)10-22(17)21-13/h5-11H,3-4H2,1-2H3,(H,20,23). The predicted molar refractivity (Wildman–Crippen MR) is 92.5 cm³/mol. The molecule has 0 atom stereocenters. The fourth-order valence-electron chi connectivity index (χ4n) is 2.70. The van der Waals surface area contributed by atoms with E-state index in [0.29, 0.717) is 28.8 Å². The van der Waals surface area contributed by atoms with Gasteiger partial charge in [-0.1, -0.05) is 0 Å². The van der Waals surface area contributed by atoms with E-state index < -0.39 is 0 Å². The lowest BCUT2D eigenvalue weighted by Crippen LogP contribution is -2.15. The van der Waals surface area contributed by atoms with Crippen molar-refractivity contribution in [3.05, 3.63) is 47.9 Å². The molecule has 7 heteroatoms. The lowest BCUT2D eigenvalue weighted by atomic mass is 10.2. The lowest BCUT2D eigenvalue weighted by Gasteiger charge is -2.11. The first kappa shape index (κ1) is 15.4. The second-order valence-corrected chi connectivity index (χ2v) is 5.98.